The number of likely N-dealkylation sites (N-methyl/N-ethyl adjacent to an activating group) is 1. The number of carbonyl (C=O) groups is 1. The average molecular weight is 283 g/mol. The molecule has 1 amide bonds. The molecule has 1 unspecified atom stereocenters. The summed E-state index contributed by atoms with van der Waals surface area (Å²) in [6.07, 6.45) is 0. The van der Waals surface area contributed by atoms with Crippen LogP contribution in [0.2, 0.25) is 5.02 Å². The molecule has 1 aromatic rings. The van der Waals surface area contributed by atoms with Gasteiger partial charge in [-0.2, -0.15) is 0 Å². The van der Waals surface area contributed by atoms with Crippen LogP contribution in [0, 0.1) is 0 Å². The molecule has 1 N–H and O–H groups in total. The van der Waals surface area contributed by atoms with Crippen LogP contribution in [-0.2, 0) is 11.3 Å². The van der Waals surface area contributed by atoms with Crippen molar-refractivity contribution < 1.29 is 4.79 Å². The van der Waals surface area contributed by atoms with Crippen LogP contribution in [0.15, 0.2) is 24.3 Å². The summed E-state index contributed by atoms with van der Waals surface area (Å²) >= 11 is 6.13. The largest absolute Gasteiger partial charge is 0.350 e. The first-order valence-corrected chi connectivity index (χ1v) is 6.84. The van der Waals surface area contributed by atoms with Gasteiger partial charge in [0.15, 0.2) is 0 Å². The molecule has 0 radical (unpaired) electrons. The van der Waals surface area contributed by atoms with E-state index in [0.717, 1.165) is 10.6 Å². The maximum atomic E-state index is 12.1. The van der Waals surface area contributed by atoms with Gasteiger partial charge in [-0.05, 0) is 46.4 Å². The molecule has 1 atom stereocenters. The van der Waals surface area contributed by atoms with E-state index in [4.69, 9.17) is 11.6 Å². The van der Waals surface area contributed by atoms with Gasteiger partial charge in [-0.1, -0.05) is 29.8 Å². The van der Waals surface area contributed by atoms with E-state index in [1.807, 2.05) is 63.9 Å². The van der Waals surface area contributed by atoms with Crippen molar-refractivity contribution in [2.75, 3.05) is 7.05 Å². The Balaban J connectivity index is 2.65. The Bertz CT molecular complexity index is 440. The van der Waals surface area contributed by atoms with E-state index in [-0.39, 0.29) is 17.5 Å². The van der Waals surface area contributed by atoms with E-state index in [1.54, 1.807) is 0 Å². The Labute approximate surface area is 120 Å². The lowest BCUT2D eigenvalue weighted by Crippen LogP contribution is -2.49. The summed E-state index contributed by atoms with van der Waals surface area (Å²) in [4.78, 5) is 14.1. The predicted molar refractivity (Wildman–Crippen MR) is 80.3 cm³/mol. The average Bonchev–Trinajstić information content (AvgIpc) is 2.28. The summed E-state index contributed by atoms with van der Waals surface area (Å²) in [6, 6.07) is 7.50. The molecule has 106 valence electrons. The molecule has 0 bridgehead atoms. The maximum absolute atomic E-state index is 12.1. The van der Waals surface area contributed by atoms with Crippen LogP contribution in [0.1, 0.15) is 33.3 Å². The molecule has 0 saturated carbocycles. The van der Waals surface area contributed by atoms with E-state index in [2.05, 4.69) is 5.32 Å². The van der Waals surface area contributed by atoms with Gasteiger partial charge in [0.25, 0.3) is 0 Å². The lowest BCUT2D eigenvalue weighted by Gasteiger charge is -2.28. The first-order valence-electron chi connectivity index (χ1n) is 6.46. The van der Waals surface area contributed by atoms with Gasteiger partial charge in [0.2, 0.25) is 5.91 Å². The quantitative estimate of drug-likeness (QED) is 0.920. The van der Waals surface area contributed by atoms with Gasteiger partial charge < -0.3 is 5.32 Å². The number of hydrogen-bond acceptors (Lipinski definition) is 2. The highest BCUT2D eigenvalue weighted by Gasteiger charge is 2.22. The lowest BCUT2D eigenvalue weighted by molar-refractivity contribution is -0.127. The van der Waals surface area contributed by atoms with Crippen molar-refractivity contribution in [3.05, 3.63) is 34.9 Å². The number of amides is 1. The number of rotatable bonds is 4. The van der Waals surface area contributed by atoms with Crippen molar-refractivity contribution in [3.8, 4) is 0 Å². The minimum absolute atomic E-state index is 0.0297. The fraction of sp³-hybridized carbons (Fsp3) is 0.533. The minimum Gasteiger partial charge on any atom is -0.350 e. The van der Waals surface area contributed by atoms with Crippen LogP contribution in [0.4, 0.5) is 0 Å². The van der Waals surface area contributed by atoms with E-state index < -0.39 is 0 Å². The highest BCUT2D eigenvalue weighted by molar-refractivity contribution is 6.31. The number of carbonyl (C=O) groups excluding carboxylic acids is 1. The normalized spacial score (nSPS) is 13.4. The molecule has 0 fully saturated rings. The second-order valence-corrected chi connectivity index (χ2v) is 6.33. The fourth-order valence-corrected chi connectivity index (χ4v) is 1.90. The molecule has 0 aliphatic rings. The molecule has 4 heteroatoms. The summed E-state index contributed by atoms with van der Waals surface area (Å²) in [7, 11) is 1.93. The number of hydrogen-bond donors (Lipinski definition) is 1. The Kier molecular flexibility index (Phi) is 5.39. The summed E-state index contributed by atoms with van der Waals surface area (Å²) < 4.78 is 0. The second kappa shape index (κ2) is 6.40. The molecule has 0 aliphatic heterocycles. The molecule has 0 heterocycles. The predicted octanol–water partition coefficient (Wildman–Crippen LogP) is 3.08. The van der Waals surface area contributed by atoms with Crippen LogP contribution in [0.3, 0.4) is 0 Å². The van der Waals surface area contributed by atoms with Crippen LogP contribution in [-0.4, -0.2) is 29.4 Å². The van der Waals surface area contributed by atoms with Gasteiger partial charge in [-0.3, -0.25) is 9.69 Å². The number of nitrogens with zero attached hydrogens (tertiary/aromatic N) is 1. The first-order chi connectivity index (χ1) is 8.70. The van der Waals surface area contributed by atoms with Gasteiger partial charge in [0, 0.05) is 17.1 Å². The molecule has 0 aromatic heterocycles. The molecule has 1 aromatic carbocycles. The molecule has 1 rings (SSSR count). The molecular weight excluding hydrogens is 260 g/mol. The monoisotopic (exact) mass is 282 g/mol. The Hall–Kier alpha value is -1.06. The molecule has 0 spiro atoms. The first kappa shape index (κ1) is 16.0. The van der Waals surface area contributed by atoms with Crippen LogP contribution < -0.4 is 5.32 Å². The van der Waals surface area contributed by atoms with Crippen molar-refractivity contribution in [1.82, 2.24) is 10.2 Å². The van der Waals surface area contributed by atoms with Gasteiger partial charge in [-0.25, -0.2) is 0 Å². The topological polar surface area (TPSA) is 32.3 Å². The van der Waals surface area contributed by atoms with Crippen LogP contribution >= 0.6 is 11.6 Å². The Morgan fingerprint density at radius 1 is 1.37 bits per heavy atom. The molecule has 0 saturated heterocycles. The molecular formula is C15H23ClN2O. The summed E-state index contributed by atoms with van der Waals surface area (Å²) in [5.41, 5.74) is 0.818. The van der Waals surface area contributed by atoms with E-state index in [0.29, 0.717) is 6.54 Å². The van der Waals surface area contributed by atoms with E-state index in [1.165, 1.54) is 0 Å². The smallest absolute Gasteiger partial charge is 0.237 e. The molecule has 19 heavy (non-hydrogen) atoms. The van der Waals surface area contributed by atoms with Crippen molar-refractivity contribution in [2.45, 2.75) is 45.8 Å². The van der Waals surface area contributed by atoms with Crippen LogP contribution in [0.25, 0.3) is 0 Å². The third kappa shape index (κ3) is 5.21. The lowest BCUT2D eigenvalue weighted by atomic mass is 10.1. The van der Waals surface area contributed by atoms with E-state index in [9.17, 15) is 4.79 Å². The molecule has 3 nitrogen and oxygen atoms in total. The van der Waals surface area contributed by atoms with Crippen LogP contribution in [0.5, 0.6) is 0 Å². The van der Waals surface area contributed by atoms with Gasteiger partial charge in [0.1, 0.15) is 0 Å². The maximum Gasteiger partial charge on any atom is 0.237 e. The summed E-state index contributed by atoms with van der Waals surface area (Å²) in [5, 5.41) is 3.72. The highest BCUT2D eigenvalue weighted by atomic mass is 35.5. The van der Waals surface area contributed by atoms with E-state index >= 15 is 0 Å². The number of nitrogens with one attached hydrogen (secondary N) is 1. The zero-order valence-corrected chi connectivity index (χ0v) is 13.1. The van der Waals surface area contributed by atoms with Crippen molar-refractivity contribution in [1.29, 1.82) is 0 Å². The van der Waals surface area contributed by atoms with Gasteiger partial charge in [-0.15, -0.1) is 0 Å². The number of halogens is 1. The van der Waals surface area contributed by atoms with Crippen molar-refractivity contribution in [2.24, 2.45) is 0 Å². The summed E-state index contributed by atoms with van der Waals surface area (Å²) in [5.74, 6) is 0.0297. The van der Waals surface area contributed by atoms with Gasteiger partial charge in [0.05, 0.1) is 6.04 Å². The zero-order valence-electron chi connectivity index (χ0n) is 12.3. The zero-order chi connectivity index (χ0) is 14.6. The second-order valence-electron chi connectivity index (χ2n) is 5.92. The minimum atomic E-state index is -0.212. The highest BCUT2D eigenvalue weighted by Crippen LogP contribution is 2.17. The molecule has 0 aliphatic carbocycles. The third-order valence-electron chi connectivity index (χ3n) is 2.92. The Morgan fingerprint density at radius 2 is 1.95 bits per heavy atom. The number of benzene rings is 1. The fourth-order valence-electron chi connectivity index (χ4n) is 1.71. The SMILES string of the molecule is CC(C(=O)NC(C)(C)C)N(C)Cc1ccccc1Cl. The standard InChI is InChI=1S/C15H23ClN2O/c1-11(14(19)17-15(2,3)4)18(5)10-12-8-6-7-9-13(12)16/h6-9,11H,10H2,1-5H3,(H,17,19). The summed E-state index contributed by atoms with van der Waals surface area (Å²) in [6.45, 7) is 8.49. The van der Waals surface area contributed by atoms with Crippen molar-refractivity contribution >= 4 is 17.5 Å². The third-order valence-corrected chi connectivity index (χ3v) is 3.29. The van der Waals surface area contributed by atoms with Crippen molar-refractivity contribution in [3.63, 3.8) is 0 Å². The Morgan fingerprint density at radius 3 is 2.47 bits per heavy atom. The van der Waals surface area contributed by atoms with Gasteiger partial charge >= 0.3 is 0 Å².